The molecule has 1 atom stereocenters. The summed E-state index contributed by atoms with van der Waals surface area (Å²) in [6, 6.07) is 19.0. The Labute approximate surface area is 215 Å². The highest BCUT2D eigenvalue weighted by atomic mass is 19.4. The fourth-order valence-corrected chi connectivity index (χ4v) is 5.20. The van der Waals surface area contributed by atoms with Crippen LogP contribution >= 0.6 is 0 Å². The van der Waals surface area contributed by atoms with E-state index < -0.39 is 47.8 Å². The molecule has 1 heterocycles. The molecule has 4 rings (SSSR count). The second kappa shape index (κ2) is 9.81. The second-order valence-corrected chi connectivity index (χ2v) is 9.27. The number of amides is 3. The molecule has 3 amide bonds. The summed E-state index contributed by atoms with van der Waals surface area (Å²) < 4.78 is 83.8. The first-order valence-corrected chi connectivity index (χ1v) is 11.8. The Morgan fingerprint density at radius 2 is 0.974 bits per heavy atom. The largest absolute Gasteiger partial charge is 0.403 e. The summed E-state index contributed by atoms with van der Waals surface area (Å²) in [5.74, 6) is -5.65. The molecular formula is C28H24F6N2O2. The zero-order valence-corrected chi connectivity index (χ0v) is 20.4. The first-order chi connectivity index (χ1) is 17.8. The van der Waals surface area contributed by atoms with E-state index in [0.29, 0.717) is 26.5 Å². The van der Waals surface area contributed by atoms with Crippen molar-refractivity contribution in [2.45, 2.75) is 43.8 Å². The molecule has 1 saturated heterocycles. The molecule has 1 fully saturated rings. The summed E-state index contributed by atoms with van der Waals surface area (Å²) in [5, 5.41) is 0. The van der Waals surface area contributed by atoms with Gasteiger partial charge >= 0.3 is 18.4 Å². The van der Waals surface area contributed by atoms with Gasteiger partial charge in [0.1, 0.15) is 11.6 Å². The zero-order chi connectivity index (χ0) is 27.9. The fourth-order valence-electron chi connectivity index (χ4n) is 5.20. The van der Waals surface area contributed by atoms with Crippen LogP contribution in [-0.4, -0.2) is 46.2 Å². The highest BCUT2D eigenvalue weighted by molar-refractivity contribution is 6.06. The monoisotopic (exact) mass is 534 g/mol. The Morgan fingerprint density at radius 1 is 0.632 bits per heavy atom. The number of alkyl halides is 6. The van der Waals surface area contributed by atoms with E-state index in [9.17, 15) is 35.9 Å². The summed E-state index contributed by atoms with van der Waals surface area (Å²) >= 11 is 0. The molecule has 0 aromatic heterocycles. The lowest BCUT2D eigenvalue weighted by molar-refractivity contribution is -0.294. The molecule has 3 aromatic carbocycles. The number of benzene rings is 3. The van der Waals surface area contributed by atoms with Crippen molar-refractivity contribution in [3.63, 3.8) is 0 Å². The molecule has 1 unspecified atom stereocenters. The fraction of sp³-hybridized carbons (Fsp3) is 0.286. The number of carbonyl (C=O) groups is 2. The maximum Gasteiger partial charge on any atom is 0.403 e. The van der Waals surface area contributed by atoms with E-state index in [1.165, 1.54) is 13.8 Å². The van der Waals surface area contributed by atoms with Crippen LogP contribution in [0.25, 0.3) is 0 Å². The summed E-state index contributed by atoms with van der Waals surface area (Å²) in [4.78, 5) is 29.0. The minimum Gasteiger partial charge on any atom is -0.309 e. The van der Waals surface area contributed by atoms with Gasteiger partial charge < -0.3 is 4.90 Å². The maximum atomic E-state index is 14.0. The molecule has 38 heavy (non-hydrogen) atoms. The van der Waals surface area contributed by atoms with E-state index in [2.05, 4.69) is 0 Å². The number of halogens is 6. The number of imide groups is 1. The minimum atomic E-state index is -5.84. The third-order valence-corrected chi connectivity index (χ3v) is 6.67. The molecule has 0 bridgehead atoms. The number of carbonyl (C=O) groups excluding carboxylic acids is 2. The Morgan fingerprint density at radius 3 is 1.26 bits per heavy atom. The smallest absolute Gasteiger partial charge is 0.309 e. The lowest BCUT2D eigenvalue weighted by atomic mass is 9.75. The van der Waals surface area contributed by atoms with Crippen LogP contribution < -0.4 is 0 Å². The molecule has 0 N–H and O–H groups in total. The summed E-state index contributed by atoms with van der Waals surface area (Å²) in [7, 11) is 0. The molecule has 1 aliphatic heterocycles. The number of hydrogen-bond donors (Lipinski definition) is 0. The molecular weight excluding hydrogens is 510 g/mol. The topological polar surface area (TPSA) is 40.6 Å². The molecule has 3 aromatic rings. The normalized spacial score (nSPS) is 17.2. The van der Waals surface area contributed by atoms with Crippen LogP contribution in [0.2, 0.25) is 0 Å². The van der Waals surface area contributed by atoms with Crippen LogP contribution in [0.5, 0.6) is 0 Å². The average molecular weight is 535 g/mol. The predicted octanol–water partition coefficient (Wildman–Crippen LogP) is 6.76. The molecule has 0 spiro atoms. The molecule has 0 radical (unpaired) electrons. The van der Waals surface area contributed by atoms with Gasteiger partial charge in [0.05, 0.1) is 0 Å². The van der Waals surface area contributed by atoms with Crippen molar-refractivity contribution in [1.29, 1.82) is 0 Å². The number of rotatable bonds is 6. The quantitative estimate of drug-likeness (QED) is 0.199. The van der Waals surface area contributed by atoms with Crippen molar-refractivity contribution < 1.29 is 35.9 Å². The van der Waals surface area contributed by atoms with Gasteiger partial charge in [-0.2, -0.15) is 26.3 Å². The highest BCUT2D eigenvalue weighted by Gasteiger charge is 2.69. The third-order valence-electron chi connectivity index (χ3n) is 6.67. The standard InChI is InChI=1S/C28H24F6N2O2/c1-18(2)35-22(23(27(29,30)31)28(32,33)34)24(37)36(25(35)38)26(19-12-6-3-7-13-19,20-14-8-4-9-15-20)21-16-10-5-11-17-21/h3-18,22-23H,1-2H3. The first-order valence-electron chi connectivity index (χ1n) is 11.8. The van der Waals surface area contributed by atoms with Crippen molar-refractivity contribution in [2.75, 3.05) is 0 Å². The summed E-state index contributed by atoms with van der Waals surface area (Å²) in [6.45, 7) is 2.56. The number of hydrogen-bond acceptors (Lipinski definition) is 2. The number of nitrogens with zero attached hydrogens (tertiary/aromatic N) is 2. The SMILES string of the molecule is CC(C)N1C(=O)N(C(c2ccccc2)(c2ccccc2)c2ccccc2)C(=O)C1C(C(F)(F)F)C(F)(F)F. The lowest BCUT2D eigenvalue weighted by Gasteiger charge is -2.42. The van der Waals surface area contributed by atoms with Crippen LogP contribution in [0.4, 0.5) is 31.1 Å². The molecule has 0 saturated carbocycles. The van der Waals surface area contributed by atoms with Crippen molar-refractivity contribution >= 4 is 11.9 Å². The zero-order valence-electron chi connectivity index (χ0n) is 20.4. The number of urea groups is 1. The van der Waals surface area contributed by atoms with E-state index in [1.54, 1.807) is 91.0 Å². The molecule has 1 aliphatic rings. The van der Waals surface area contributed by atoms with Gasteiger partial charge in [0.15, 0.2) is 5.92 Å². The third kappa shape index (κ3) is 4.41. The summed E-state index contributed by atoms with van der Waals surface area (Å²) in [5.41, 5.74) is -0.904. The van der Waals surface area contributed by atoms with Gasteiger partial charge in [-0.25, -0.2) is 9.69 Å². The predicted molar refractivity (Wildman–Crippen MR) is 128 cm³/mol. The maximum absolute atomic E-state index is 14.0. The first kappa shape index (κ1) is 27.2. The van der Waals surface area contributed by atoms with Gasteiger partial charge in [-0.05, 0) is 30.5 Å². The van der Waals surface area contributed by atoms with Gasteiger partial charge in [0.25, 0.3) is 5.91 Å². The second-order valence-electron chi connectivity index (χ2n) is 9.27. The Kier molecular flexibility index (Phi) is 7.03. The van der Waals surface area contributed by atoms with Crippen molar-refractivity contribution in [1.82, 2.24) is 9.80 Å². The van der Waals surface area contributed by atoms with E-state index in [4.69, 9.17) is 0 Å². The van der Waals surface area contributed by atoms with Gasteiger partial charge in [0, 0.05) is 6.04 Å². The molecule has 200 valence electrons. The highest BCUT2D eigenvalue weighted by Crippen LogP contribution is 2.50. The average Bonchev–Trinajstić information content (AvgIpc) is 3.10. The van der Waals surface area contributed by atoms with Gasteiger partial charge in [-0.1, -0.05) is 91.0 Å². The lowest BCUT2D eigenvalue weighted by Crippen LogP contribution is -2.55. The van der Waals surface area contributed by atoms with E-state index in [1.807, 2.05) is 0 Å². The van der Waals surface area contributed by atoms with Crippen molar-refractivity contribution in [3.05, 3.63) is 108 Å². The summed E-state index contributed by atoms with van der Waals surface area (Å²) in [6.07, 6.45) is -11.7. The Balaban J connectivity index is 2.10. The minimum absolute atomic E-state index is 0.319. The van der Waals surface area contributed by atoms with Crippen molar-refractivity contribution in [3.8, 4) is 0 Å². The Bertz CT molecular complexity index is 1170. The van der Waals surface area contributed by atoms with Gasteiger partial charge in [-0.15, -0.1) is 0 Å². The van der Waals surface area contributed by atoms with Gasteiger partial charge in [0.2, 0.25) is 0 Å². The van der Waals surface area contributed by atoms with Gasteiger partial charge in [-0.3, -0.25) is 4.79 Å². The van der Waals surface area contributed by atoms with Crippen LogP contribution in [0.1, 0.15) is 30.5 Å². The van der Waals surface area contributed by atoms with Crippen molar-refractivity contribution in [2.24, 2.45) is 5.92 Å². The van der Waals surface area contributed by atoms with Crippen LogP contribution in [0.3, 0.4) is 0 Å². The van der Waals surface area contributed by atoms with E-state index in [-0.39, 0.29) is 0 Å². The Hall–Kier alpha value is -3.82. The van der Waals surface area contributed by atoms with Crippen LogP contribution in [0, 0.1) is 5.92 Å². The molecule has 10 heteroatoms. The van der Waals surface area contributed by atoms with Crippen LogP contribution in [-0.2, 0) is 10.3 Å². The van der Waals surface area contributed by atoms with E-state index >= 15 is 0 Å². The van der Waals surface area contributed by atoms with Crippen LogP contribution in [0.15, 0.2) is 91.0 Å². The van der Waals surface area contributed by atoms with E-state index in [0.717, 1.165) is 0 Å². The molecule has 4 nitrogen and oxygen atoms in total. The molecule has 0 aliphatic carbocycles.